The van der Waals surface area contributed by atoms with Gasteiger partial charge in [0.2, 0.25) is 0 Å². The maximum atomic E-state index is 11.5. The van der Waals surface area contributed by atoms with Crippen molar-refractivity contribution >= 4 is 29.2 Å². The monoisotopic (exact) mass is 296 g/mol. The quantitative estimate of drug-likeness (QED) is 0.903. The molecule has 1 unspecified atom stereocenters. The maximum absolute atomic E-state index is 11.5. The van der Waals surface area contributed by atoms with Crippen molar-refractivity contribution in [3.8, 4) is 5.75 Å². The van der Waals surface area contributed by atoms with E-state index in [4.69, 9.17) is 23.2 Å². The minimum atomic E-state index is -1.08. The number of aliphatic carboxylic acids is 1. The molecule has 0 amide bonds. The molecule has 5 heteroatoms. The summed E-state index contributed by atoms with van der Waals surface area (Å²) in [5, 5.41) is 19.2. The summed E-state index contributed by atoms with van der Waals surface area (Å²) in [6, 6.07) is 11.4. The molecule has 19 heavy (non-hydrogen) atoms. The van der Waals surface area contributed by atoms with E-state index in [1.165, 1.54) is 12.1 Å². The van der Waals surface area contributed by atoms with Gasteiger partial charge in [-0.25, -0.2) is 0 Å². The Morgan fingerprint density at radius 1 is 1.05 bits per heavy atom. The van der Waals surface area contributed by atoms with E-state index in [9.17, 15) is 15.0 Å². The van der Waals surface area contributed by atoms with Crippen LogP contribution in [-0.2, 0) is 4.79 Å². The van der Waals surface area contributed by atoms with Gasteiger partial charge in [-0.1, -0.05) is 53.5 Å². The van der Waals surface area contributed by atoms with Gasteiger partial charge >= 0.3 is 5.97 Å². The van der Waals surface area contributed by atoms with E-state index in [0.29, 0.717) is 5.56 Å². The molecule has 0 aromatic heterocycles. The van der Waals surface area contributed by atoms with Gasteiger partial charge < -0.3 is 10.2 Å². The van der Waals surface area contributed by atoms with Crippen molar-refractivity contribution < 1.29 is 15.0 Å². The number of carboxylic acids is 1. The minimum absolute atomic E-state index is 0.0382. The van der Waals surface area contributed by atoms with Crippen molar-refractivity contribution in [2.75, 3.05) is 0 Å². The molecule has 0 aliphatic heterocycles. The molecule has 2 aromatic rings. The Kier molecular flexibility index (Phi) is 3.98. The zero-order chi connectivity index (χ0) is 14.0. The summed E-state index contributed by atoms with van der Waals surface area (Å²) < 4.78 is 0. The van der Waals surface area contributed by atoms with Crippen LogP contribution >= 0.6 is 23.2 Å². The third-order valence-electron chi connectivity index (χ3n) is 2.77. The highest BCUT2D eigenvalue weighted by Crippen LogP contribution is 2.40. The van der Waals surface area contributed by atoms with Crippen molar-refractivity contribution in [3.05, 3.63) is 63.6 Å². The van der Waals surface area contributed by atoms with Crippen molar-refractivity contribution in [3.63, 3.8) is 0 Å². The standard InChI is InChI=1S/C14H10Cl2O3/c15-9-6-7-10(17)13(16)12(9)11(14(18)19)8-4-2-1-3-5-8/h1-7,11,17H,(H,18,19). The number of halogens is 2. The Bertz CT molecular complexity index is 612. The Morgan fingerprint density at radius 2 is 1.68 bits per heavy atom. The second kappa shape index (κ2) is 5.51. The molecule has 0 saturated carbocycles. The number of benzene rings is 2. The van der Waals surface area contributed by atoms with E-state index < -0.39 is 11.9 Å². The van der Waals surface area contributed by atoms with Crippen LogP contribution in [0.1, 0.15) is 17.0 Å². The fourth-order valence-corrected chi connectivity index (χ4v) is 2.49. The van der Waals surface area contributed by atoms with Gasteiger partial charge in [0, 0.05) is 10.6 Å². The lowest BCUT2D eigenvalue weighted by Gasteiger charge is -2.17. The Morgan fingerprint density at radius 3 is 2.26 bits per heavy atom. The normalized spacial score (nSPS) is 12.1. The van der Waals surface area contributed by atoms with Crippen molar-refractivity contribution in [2.24, 2.45) is 0 Å². The van der Waals surface area contributed by atoms with Crippen molar-refractivity contribution in [2.45, 2.75) is 5.92 Å². The Hall–Kier alpha value is -1.71. The molecule has 1 atom stereocenters. The highest BCUT2D eigenvalue weighted by atomic mass is 35.5. The van der Waals surface area contributed by atoms with Crippen LogP contribution < -0.4 is 0 Å². The molecular weight excluding hydrogens is 287 g/mol. The minimum Gasteiger partial charge on any atom is -0.506 e. The van der Waals surface area contributed by atoms with Gasteiger partial charge in [-0.15, -0.1) is 0 Å². The molecule has 0 aliphatic carbocycles. The van der Waals surface area contributed by atoms with Crippen molar-refractivity contribution in [1.29, 1.82) is 0 Å². The SMILES string of the molecule is O=C(O)C(c1ccccc1)c1c(Cl)ccc(O)c1Cl. The van der Waals surface area contributed by atoms with Gasteiger partial charge in [-0.3, -0.25) is 4.79 Å². The van der Waals surface area contributed by atoms with Gasteiger partial charge in [-0.2, -0.15) is 0 Å². The third kappa shape index (κ3) is 2.67. The second-order valence-corrected chi connectivity index (χ2v) is 4.76. The van der Waals surface area contributed by atoms with Crippen LogP contribution in [-0.4, -0.2) is 16.2 Å². The van der Waals surface area contributed by atoms with E-state index >= 15 is 0 Å². The number of carboxylic acid groups (broad SMARTS) is 1. The van der Waals surface area contributed by atoms with Crippen LogP contribution in [0, 0.1) is 0 Å². The summed E-state index contributed by atoms with van der Waals surface area (Å²) in [6.45, 7) is 0. The molecule has 0 saturated heterocycles. The highest BCUT2D eigenvalue weighted by molar-refractivity contribution is 6.37. The molecular formula is C14H10Cl2O3. The van der Waals surface area contributed by atoms with E-state index in [1.54, 1.807) is 30.3 Å². The first kappa shape index (κ1) is 13.7. The van der Waals surface area contributed by atoms with Gasteiger partial charge in [-0.05, 0) is 17.7 Å². The van der Waals surface area contributed by atoms with Crippen LogP contribution in [0.25, 0.3) is 0 Å². The molecule has 2 rings (SSSR count). The number of aromatic hydroxyl groups is 1. The zero-order valence-corrected chi connectivity index (χ0v) is 11.2. The number of rotatable bonds is 3. The predicted molar refractivity (Wildman–Crippen MR) is 74.0 cm³/mol. The molecule has 0 heterocycles. The molecule has 2 aromatic carbocycles. The molecule has 0 radical (unpaired) electrons. The highest BCUT2D eigenvalue weighted by Gasteiger charge is 2.28. The fraction of sp³-hybridized carbons (Fsp3) is 0.0714. The van der Waals surface area contributed by atoms with Crippen LogP contribution in [0.15, 0.2) is 42.5 Å². The molecule has 0 bridgehead atoms. The summed E-state index contributed by atoms with van der Waals surface area (Å²) in [4.78, 5) is 11.5. The van der Waals surface area contributed by atoms with Crippen LogP contribution in [0.5, 0.6) is 5.75 Å². The summed E-state index contributed by atoms with van der Waals surface area (Å²) in [6.07, 6.45) is 0. The lowest BCUT2D eigenvalue weighted by atomic mass is 9.91. The molecule has 0 spiro atoms. The summed E-state index contributed by atoms with van der Waals surface area (Å²) in [5.41, 5.74) is 0.742. The average Bonchev–Trinajstić information content (AvgIpc) is 2.39. The average molecular weight is 297 g/mol. The lowest BCUT2D eigenvalue weighted by molar-refractivity contribution is -0.137. The van der Waals surface area contributed by atoms with E-state index in [2.05, 4.69) is 0 Å². The number of hydrogen-bond acceptors (Lipinski definition) is 2. The molecule has 98 valence electrons. The first-order valence-electron chi connectivity index (χ1n) is 5.47. The number of phenolic OH excluding ortho intramolecular Hbond substituents is 1. The first-order valence-corrected chi connectivity index (χ1v) is 6.22. The predicted octanol–water partition coefficient (Wildman–Crippen LogP) is 3.92. The Balaban J connectivity index is 2.65. The summed E-state index contributed by atoms with van der Waals surface area (Å²) in [5.74, 6) is -2.29. The largest absolute Gasteiger partial charge is 0.506 e. The first-order chi connectivity index (χ1) is 9.02. The van der Waals surface area contributed by atoms with Gasteiger partial charge in [0.1, 0.15) is 11.7 Å². The molecule has 3 nitrogen and oxygen atoms in total. The number of hydrogen-bond donors (Lipinski definition) is 2. The zero-order valence-electron chi connectivity index (χ0n) is 9.68. The fourth-order valence-electron chi connectivity index (χ4n) is 1.90. The van der Waals surface area contributed by atoms with Gasteiger partial charge in [0.25, 0.3) is 0 Å². The van der Waals surface area contributed by atoms with E-state index in [0.717, 1.165) is 0 Å². The summed E-state index contributed by atoms with van der Waals surface area (Å²) >= 11 is 12.0. The summed E-state index contributed by atoms with van der Waals surface area (Å²) in [7, 11) is 0. The molecule has 0 fully saturated rings. The van der Waals surface area contributed by atoms with Crippen LogP contribution in [0.2, 0.25) is 10.0 Å². The second-order valence-electron chi connectivity index (χ2n) is 3.98. The molecule has 0 aliphatic rings. The smallest absolute Gasteiger partial charge is 0.315 e. The van der Waals surface area contributed by atoms with E-state index in [1.807, 2.05) is 0 Å². The lowest BCUT2D eigenvalue weighted by Crippen LogP contribution is -2.14. The van der Waals surface area contributed by atoms with E-state index in [-0.39, 0.29) is 21.4 Å². The van der Waals surface area contributed by atoms with Gasteiger partial charge in [0.05, 0.1) is 5.02 Å². The van der Waals surface area contributed by atoms with Crippen LogP contribution in [0.4, 0.5) is 0 Å². The van der Waals surface area contributed by atoms with Gasteiger partial charge in [0.15, 0.2) is 0 Å². The number of phenols is 1. The van der Waals surface area contributed by atoms with Crippen LogP contribution in [0.3, 0.4) is 0 Å². The topological polar surface area (TPSA) is 57.5 Å². The van der Waals surface area contributed by atoms with Crippen molar-refractivity contribution in [1.82, 2.24) is 0 Å². The third-order valence-corrected chi connectivity index (χ3v) is 3.50. The maximum Gasteiger partial charge on any atom is 0.315 e. The molecule has 2 N–H and O–H groups in total. The number of carbonyl (C=O) groups is 1. The Labute approximate surface area is 120 Å².